The van der Waals surface area contributed by atoms with E-state index in [-0.39, 0.29) is 16.8 Å². The van der Waals surface area contributed by atoms with Crippen LogP contribution in [-0.4, -0.2) is 35.8 Å². The Hall–Kier alpha value is -3.46. The van der Waals surface area contributed by atoms with Crippen LogP contribution in [-0.2, 0) is 9.84 Å². The summed E-state index contributed by atoms with van der Waals surface area (Å²) in [6, 6.07) is 13.5. The second-order valence-electron chi connectivity index (χ2n) is 5.91. The zero-order valence-electron chi connectivity index (χ0n) is 14.1. The van der Waals surface area contributed by atoms with Gasteiger partial charge in [-0.05, 0) is 24.3 Å². The van der Waals surface area contributed by atoms with Crippen molar-refractivity contribution in [3.63, 3.8) is 0 Å². The van der Waals surface area contributed by atoms with Crippen molar-refractivity contribution in [1.82, 2.24) is 15.2 Å². The maximum absolute atomic E-state index is 12.5. The number of fused-ring (bicyclic) bond motifs is 1. The number of aromatic amines is 1. The van der Waals surface area contributed by atoms with Crippen molar-refractivity contribution in [3.8, 4) is 11.5 Å². The highest BCUT2D eigenvalue weighted by molar-refractivity contribution is 7.90. The molecule has 0 bridgehead atoms. The smallest absolute Gasteiger partial charge is 0.322 e. The summed E-state index contributed by atoms with van der Waals surface area (Å²) in [5.41, 5.74) is 1.73. The van der Waals surface area contributed by atoms with E-state index in [0.717, 1.165) is 17.2 Å². The van der Waals surface area contributed by atoms with Crippen LogP contribution in [0.3, 0.4) is 0 Å². The first-order valence-corrected chi connectivity index (χ1v) is 9.82. The summed E-state index contributed by atoms with van der Waals surface area (Å²) in [4.78, 5) is 15.6. The SMILES string of the molecule is CS(=O)(=O)c1cccc(-c2nnc(NC(=O)c3c[nH]c4ccccc34)o2)c1. The van der Waals surface area contributed by atoms with Crippen molar-refractivity contribution < 1.29 is 17.6 Å². The molecule has 2 aromatic heterocycles. The number of nitrogens with zero attached hydrogens (tertiary/aromatic N) is 2. The van der Waals surface area contributed by atoms with E-state index in [0.29, 0.717) is 11.1 Å². The van der Waals surface area contributed by atoms with Gasteiger partial charge in [0.1, 0.15) is 0 Å². The summed E-state index contributed by atoms with van der Waals surface area (Å²) in [7, 11) is -3.36. The molecule has 0 unspecified atom stereocenters. The number of benzene rings is 2. The van der Waals surface area contributed by atoms with E-state index in [1.165, 1.54) is 12.1 Å². The largest absolute Gasteiger partial charge is 0.403 e. The molecule has 0 aliphatic rings. The third-order valence-corrected chi connectivity index (χ3v) is 5.10. The van der Waals surface area contributed by atoms with Crippen LogP contribution in [0, 0.1) is 0 Å². The molecule has 8 nitrogen and oxygen atoms in total. The Morgan fingerprint density at radius 1 is 1.11 bits per heavy atom. The molecule has 0 radical (unpaired) electrons. The van der Waals surface area contributed by atoms with Crippen LogP contribution < -0.4 is 5.32 Å². The lowest BCUT2D eigenvalue weighted by Gasteiger charge is -2.00. The monoisotopic (exact) mass is 382 g/mol. The average molecular weight is 382 g/mol. The summed E-state index contributed by atoms with van der Waals surface area (Å²) in [5, 5.41) is 11.0. The number of anilines is 1. The fourth-order valence-electron chi connectivity index (χ4n) is 2.67. The Morgan fingerprint density at radius 2 is 1.93 bits per heavy atom. The van der Waals surface area contributed by atoms with Crippen LogP contribution in [0.25, 0.3) is 22.4 Å². The van der Waals surface area contributed by atoms with Crippen LogP contribution in [0.2, 0.25) is 0 Å². The second kappa shape index (κ2) is 6.36. The number of aromatic nitrogens is 3. The highest BCUT2D eigenvalue weighted by Crippen LogP contribution is 2.24. The zero-order valence-corrected chi connectivity index (χ0v) is 14.9. The predicted molar refractivity (Wildman–Crippen MR) is 99.1 cm³/mol. The summed E-state index contributed by atoms with van der Waals surface area (Å²) < 4.78 is 28.8. The lowest BCUT2D eigenvalue weighted by Crippen LogP contribution is -2.11. The molecular weight excluding hydrogens is 368 g/mol. The van der Waals surface area contributed by atoms with Gasteiger partial charge in [0.05, 0.1) is 10.5 Å². The molecule has 0 saturated heterocycles. The van der Waals surface area contributed by atoms with Gasteiger partial charge in [-0.1, -0.05) is 29.4 Å². The highest BCUT2D eigenvalue weighted by atomic mass is 32.2. The average Bonchev–Trinajstić information content (AvgIpc) is 3.28. The third kappa shape index (κ3) is 3.32. The van der Waals surface area contributed by atoms with Gasteiger partial charge in [0.15, 0.2) is 9.84 Å². The molecule has 0 atom stereocenters. The molecule has 2 heterocycles. The second-order valence-corrected chi connectivity index (χ2v) is 7.93. The Balaban J connectivity index is 1.59. The fourth-order valence-corrected chi connectivity index (χ4v) is 3.34. The van der Waals surface area contributed by atoms with Crippen LogP contribution >= 0.6 is 0 Å². The molecule has 1 amide bonds. The summed E-state index contributed by atoms with van der Waals surface area (Å²) in [6.07, 6.45) is 2.72. The van der Waals surface area contributed by atoms with Crippen molar-refractivity contribution in [2.75, 3.05) is 11.6 Å². The van der Waals surface area contributed by atoms with E-state index in [2.05, 4.69) is 20.5 Å². The molecule has 2 N–H and O–H groups in total. The van der Waals surface area contributed by atoms with Crippen molar-refractivity contribution in [1.29, 1.82) is 0 Å². The number of hydrogen-bond donors (Lipinski definition) is 2. The molecule has 27 heavy (non-hydrogen) atoms. The van der Waals surface area contributed by atoms with E-state index >= 15 is 0 Å². The number of rotatable bonds is 4. The molecule has 9 heteroatoms. The van der Waals surface area contributed by atoms with Gasteiger partial charge < -0.3 is 9.40 Å². The van der Waals surface area contributed by atoms with Gasteiger partial charge in [-0.15, -0.1) is 5.10 Å². The maximum Gasteiger partial charge on any atom is 0.322 e. The number of carbonyl (C=O) groups is 1. The van der Waals surface area contributed by atoms with Crippen molar-refractivity contribution in [2.45, 2.75) is 4.90 Å². The summed E-state index contributed by atoms with van der Waals surface area (Å²) >= 11 is 0. The molecule has 4 aromatic rings. The van der Waals surface area contributed by atoms with Gasteiger partial charge in [-0.25, -0.2) is 8.42 Å². The van der Waals surface area contributed by atoms with Crippen LogP contribution in [0.4, 0.5) is 6.01 Å². The van der Waals surface area contributed by atoms with Crippen molar-refractivity contribution >= 4 is 32.7 Å². The van der Waals surface area contributed by atoms with E-state index in [4.69, 9.17) is 4.42 Å². The van der Waals surface area contributed by atoms with Gasteiger partial charge in [-0.2, -0.15) is 0 Å². The van der Waals surface area contributed by atoms with Gasteiger partial charge in [0.2, 0.25) is 5.89 Å². The standard InChI is InChI=1S/C18H14N4O4S/c1-27(24,25)12-6-4-5-11(9-12)17-21-22-18(26-17)20-16(23)14-10-19-15-8-3-2-7-13(14)15/h2-10,19H,1H3,(H,20,22,23). The molecule has 136 valence electrons. The molecule has 0 aliphatic heterocycles. The summed E-state index contributed by atoms with van der Waals surface area (Å²) in [5.74, 6) is -0.290. The number of H-pyrrole nitrogens is 1. The predicted octanol–water partition coefficient (Wildman–Crippen LogP) is 2.87. The van der Waals surface area contributed by atoms with Gasteiger partial charge in [0.25, 0.3) is 5.91 Å². The lowest BCUT2D eigenvalue weighted by molar-refractivity contribution is 0.102. The topological polar surface area (TPSA) is 118 Å². The van der Waals surface area contributed by atoms with Gasteiger partial charge in [0, 0.05) is 28.9 Å². The number of nitrogens with one attached hydrogen (secondary N) is 2. The Bertz CT molecular complexity index is 1260. The minimum atomic E-state index is -3.36. The maximum atomic E-state index is 12.5. The fraction of sp³-hybridized carbons (Fsp3) is 0.0556. The van der Waals surface area contributed by atoms with Gasteiger partial charge >= 0.3 is 6.01 Å². The minimum Gasteiger partial charge on any atom is -0.403 e. The van der Waals surface area contributed by atoms with E-state index in [1.54, 1.807) is 18.3 Å². The van der Waals surface area contributed by atoms with Gasteiger partial charge in [-0.3, -0.25) is 10.1 Å². The number of amides is 1. The molecule has 0 fully saturated rings. The number of para-hydroxylation sites is 1. The first-order valence-electron chi connectivity index (χ1n) is 7.93. The van der Waals surface area contributed by atoms with E-state index < -0.39 is 15.7 Å². The zero-order chi connectivity index (χ0) is 19.0. The number of hydrogen-bond acceptors (Lipinski definition) is 6. The van der Waals surface area contributed by atoms with Crippen molar-refractivity contribution in [2.24, 2.45) is 0 Å². The van der Waals surface area contributed by atoms with Crippen LogP contribution in [0.5, 0.6) is 0 Å². The quantitative estimate of drug-likeness (QED) is 0.560. The first-order chi connectivity index (χ1) is 12.9. The molecule has 2 aromatic carbocycles. The lowest BCUT2D eigenvalue weighted by atomic mass is 10.2. The van der Waals surface area contributed by atoms with E-state index in [1.807, 2.05) is 24.3 Å². The highest BCUT2D eigenvalue weighted by Gasteiger charge is 2.17. The summed E-state index contributed by atoms with van der Waals surface area (Å²) in [6.45, 7) is 0. The number of sulfone groups is 1. The Morgan fingerprint density at radius 3 is 2.74 bits per heavy atom. The minimum absolute atomic E-state index is 0.0787. The normalized spacial score (nSPS) is 11.6. The molecule has 0 spiro atoms. The Kier molecular flexibility index (Phi) is 4.00. The Labute approximate surface area is 154 Å². The van der Waals surface area contributed by atoms with Crippen LogP contribution in [0.1, 0.15) is 10.4 Å². The van der Waals surface area contributed by atoms with E-state index in [9.17, 15) is 13.2 Å². The number of carbonyl (C=O) groups excluding carboxylic acids is 1. The van der Waals surface area contributed by atoms with Crippen molar-refractivity contribution in [3.05, 3.63) is 60.3 Å². The molecule has 0 aliphatic carbocycles. The van der Waals surface area contributed by atoms with Crippen LogP contribution in [0.15, 0.2) is 64.0 Å². The molecule has 0 saturated carbocycles. The first kappa shape index (κ1) is 17.0. The third-order valence-electron chi connectivity index (χ3n) is 3.99. The molecular formula is C18H14N4O4S. The molecule has 4 rings (SSSR count).